The van der Waals surface area contributed by atoms with Gasteiger partial charge in [-0.3, -0.25) is 0 Å². The number of thiazole rings is 1. The molecule has 0 spiro atoms. The van der Waals surface area contributed by atoms with Crippen molar-refractivity contribution in [3.63, 3.8) is 0 Å². The van der Waals surface area contributed by atoms with E-state index in [0.29, 0.717) is 6.42 Å². The van der Waals surface area contributed by atoms with E-state index in [1.54, 1.807) is 17.4 Å². The van der Waals surface area contributed by atoms with Crippen molar-refractivity contribution in [1.82, 2.24) is 10.3 Å². The molecule has 2 rings (SSSR count). The van der Waals surface area contributed by atoms with Gasteiger partial charge >= 0.3 is 0 Å². The topological polar surface area (TPSA) is 24.9 Å². The summed E-state index contributed by atoms with van der Waals surface area (Å²) in [5, 5.41) is 4.45. The van der Waals surface area contributed by atoms with E-state index in [-0.39, 0.29) is 16.9 Å². The van der Waals surface area contributed by atoms with Gasteiger partial charge in [0, 0.05) is 17.1 Å². The van der Waals surface area contributed by atoms with Crippen LogP contribution in [0.4, 0.5) is 4.39 Å². The Bertz CT molecular complexity index is 542. The van der Waals surface area contributed by atoms with Crippen LogP contribution in [0.5, 0.6) is 0 Å². The van der Waals surface area contributed by atoms with E-state index in [9.17, 15) is 4.39 Å². The Morgan fingerprint density at radius 1 is 1.50 bits per heavy atom. The molecule has 0 saturated carbocycles. The Labute approximate surface area is 115 Å². The number of aromatic nitrogens is 1. The third kappa shape index (κ3) is 2.88. The van der Waals surface area contributed by atoms with Crippen LogP contribution in [0.25, 0.3) is 0 Å². The molecule has 0 bridgehead atoms. The minimum Gasteiger partial charge on any atom is -0.312 e. The molecule has 0 saturated heterocycles. The Kier molecular flexibility index (Phi) is 4.32. The average Bonchev–Trinajstić information content (AvgIpc) is 2.78. The van der Waals surface area contributed by atoms with Gasteiger partial charge in [-0.15, -0.1) is 11.3 Å². The van der Waals surface area contributed by atoms with E-state index in [2.05, 4.69) is 10.3 Å². The van der Waals surface area contributed by atoms with Gasteiger partial charge in [0.05, 0.1) is 10.0 Å². The molecule has 96 valence electrons. The highest BCUT2D eigenvalue weighted by Gasteiger charge is 2.15. The van der Waals surface area contributed by atoms with E-state index in [0.717, 1.165) is 15.4 Å². The monoisotopic (exact) mass is 284 g/mol. The summed E-state index contributed by atoms with van der Waals surface area (Å²) >= 11 is 7.61. The third-order valence-electron chi connectivity index (χ3n) is 2.79. The van der Waals surface area contributed by atoms with E-state index < -0.39 is 0 Å². The molecule has 0 fully saturated rings. The van der Waals surface area contributed by atoms with Crippen molar-refractivity contribution in [2.45, 2.75) is 19.4 Å². The number of nitrogens with one attached hydrogen (secondary N) is 1. The van der Waals surface area contributed by atoms with Crippen molar-refractivity contribution >= 4 is 22.9 Å². The van der Waals surface area contributed by atoms with Crippen LogP contribution in [0.15, 0.2) is 24.4 Å². The number of halogens is 2. The molecule has 0 radical (unpaired) electrons. The minimum atomic E-state index is -0.371. The minimum absolute atomic E-state index is 0.107. The van der Waals surface area contributed by atoms with Crippen LogP contribution in [0.2, 0.25) is 5.02 Å². The van der Waals surface area contributed by atoms with E-state index in [1.807, 2.05) is 26.2 Å². The Morgan fingerprint density at radius 2 is 2.28 bits per heavy atom. The van der Waals surface area contributed by atoms with Gasteiger partial charge in [0.1, 0.15) is 5.82 Å². The molecule has 0 aliphatic rings. The molecule has 1 heterocycles. The molecule has 18 heavy (non-hydrogen) atoms. The lowest BCUT2D eigenvalue weighted by molar-refractivity contribution is 0.591. The highest BCUT2D eigenvalue weighted by Crippen LogP contribution is 2.27. The summed E-state index contributed by atoms with van der Waals surface area (Å²) in [5.74, 6) is -0.371. The van der Waals surface area contributed by atoms with Crippen molar-refractivity contribution in [1.29, 1.82) is 0 Å². The summed E-state index contributed by atoms with van der Waals surface area (Å²) in [7, 11) is 1.88. The zero-order valence-electron chi connectivity index (χ0n) is 10.2. The SMILES string of the molecule is CNC(Cc1cccc(F)c1Cl)c1cnc(C)s1. The predicted octanol–water partition coefficient (Wildman–Crippen LogP) is 3.75. The Balaban J connectivity index is 2.23. The molecule has 2 aromatic rings. The normalized spacial score (nSPS) is 12.7. The number of aryl methyl sites for hydroxylation is 1. The fourth-order valence-corrected chi connectivity index (χ4v) is 2.91. The summed E-state index contributed by atoms with van der Waals surface area (Å²) in [5.41, 5.74) is 0.807. The maximum atomic E-state index is 13.4. The van der Waals surface area contributed by atoms with Gasteiger partial charge in [0.25, 0.3) is 0 Å². The molecule has 0 aliphatic carbocycles. The predicted molar refractivity (Wildman–Crippen MR) is 73.8 cm³/mol. The van der Waals surface area contributed by atoms with Crippen molar-refractivity contribution in [3.05, 3.63) is 50.7 Å². The van der Waals surface area contributed by atoms with Gasteiger partial charge in [-0.2, -0.15) is 0 Å². The number of benzene rings is 1. The molecule has 1 aromatic carbocycles. The summed E-state index contributed by atoms with van der Waals surface area (Å²) in [6.07, 6.45) is 2.50. The standard InChI is InChI=1S/C13H14ClFN2S/c1-8-17-7-12(18-8)11(16-2)6-9-4-3-5-10(15)13(9)14/h3-5,7,11,16H,6H2,1-2H3. The summed E-state index contributed by atoms with van der Waals surface area (Å²) < 4.78 is 13.4. The fourth-order valence-electron chi connectivity index (χ4n) is 1.81. The van der Waals surface area contributed by atoms with Crippen LogP contribution in [0.1, 0.15) is 21.5 Å². The molecule has 1 N–H and O–H groups in total. The van der Waals surface area contributed by atoms with E-state index in [4.69, 9.17) is 11.6 Å². The summed E-state index contributed by atoms with van der Waals surface area (Å²) in [6.45, 7) is 1.97. The zero-order valence-corrected chi connectivity index (χ0v) is 11.8. The third-order valence-corrected chi connectivity index (χ3v) is 4.24. The lowest BCUT2D eigenvalue weighted by Crippen LogP contribution is -2.18. The quantitative estimate of drug-likeness (QED) is 0.925. The van der Waals surface area contributed by atoms with Crippen LogP contribution < -0.4 is 5.32 Å². The molecule has 1 aromatic heterocycles. The highest BCUT2D eigenvalue weighted by molar-refractivity contribution is 7.11. The van der Waals surface area contributed by atoms with Gasteiger partial charge in [0.15, 0.2) is 0 Å². The van der Waals surface area contributed by atoms with Crippen molar-refractivity contribution < 1.29 is 4.39 Å². The number of nitrogens with zero attached hydrogens (tertiary/aromatic N) is 1. The maximum Gasteiger partial charge on any atom is 0.142 e. The first-order valence-electron chi connectivity index (χ1n) is 5.64. The van der Waals surface area contributed by atoms with Gasteiger partial charge in [-0.25, -0.2) is 9.37 Å². The highest BCUT2D eigenvalue weighted by atomic mass is 35.5. The van der Waals surface area contributed by atoms with Crippen LogP contribution in [0, 0.1) is 12.7 Å². The van der Waals surface area contributed by atoms with E-state index >= 15 is 0 Å². The molecule has 1 unspecified atom stereocenters. The van der Waals surface area contributed by atoms with Gasteiger partial charge in [-0.1, -0.05) is 23.7 Å². The van der Waals surface area contributed by atoms with Gasteiger partial charge < -0.3 is 5.32 Å². The molecule has 5 heteroatoms. The Hall–Kier alpha value is -0.970. The van der Waals surface area contributed by atoms with Crippen molar-refractivity contribution in [2.24, 2.45) is 0 Å². The number of rotatable bonds is 4. The second kappa shape index (κ2) is 5.78. The van der Waals surface area contributed by atoms with Gasteiger partial charge in [0.2, 0.25) is 0 Å². The summed E-state index contributed by atoms with van der Waals surface area (Å²) in [4.78, 5) is 5.37. The molecule has 2 nitrogen and oxygen atoms in total. The van der Waals surface area contributed by atoms with Crippen LogP contribution >= 0.6 is 22.9 Å². The second-order valence-electron chi connectivity index (χ2n) is 4.04. The largest absolute Gasteiger partial charge is 0.312 e. The van der Waals surface area contributed by atoms with Crippen molar-refractivity contribution in [3.8, 4) is 0 Å². The lowest BCUT2D eigenvalue weighted by Gasteiger charge is -2.15. The number of likely N-dealkylation sites (N-methyl/N-ethyl adjacent to an activating group) is 1. The smallest absolute Gasteiger partial charge is 0.142 e. The molecular weight excluding hydrogens is 271 g/mol. The first-order chi connectivity index (χ1) is 8.61. The zero-order chi connectivity index (χ0) is 13.1. The first-order valence-corrected chi connectivity index (χ1v) is 6.83. The molecule has 1 atom stereocenters. The lowest BCUT2D eigenvalue weighted by atomic mass is 10.0. The van der Waals surface area contributed by atoms with E-state index in [1.165, 1.54) is 6.07 Å². The Morgan fingerprint density at radius 3 is 2.89 bits per heavy atom. The van der Waals surface area contributed by atoms with Crippen molar-refractivity contribution in [2.75, 3.05) is 7.05 Å². The first kappa shape index (κ1) is 13.5. The second-order valence-corrected chi connectivity index (χ2v) is 5.68. The summed E-state index contributed by atoms with van der Waals surface area (Å²) in [6, 6.07) is 5.01. The average molecular weight is 285 g/mol. The maximum absolute atomic E-state index is 13.4. The fraction of sp³-hybridized carbons (Fsp3) is 0.308. The number of hydrogen-bond donors (Lipinski definition) is 1. The van der Waals surface area contributed by atoms with Gasteiger partial charge in [-0.05, 0) is 32.0 Å². The van der Waals surface area contributed by atoms with Crippen LogP contribution in [-0.2, 0) is 6.42 Å². The molecular formula is C13H14ClFN2S. The number of hydrogen-bond acceptors (Lipinski definition) is 3. The van der Waals surface area contributed by atoms with Crippen LogP contribution in [0.3, 0.4) is 0 Å². The van der Waals surface area contributed by atoms with Crippen LogP contribution in [-0.4, -0.2) is 12.0 Å². The molecule has 0 amide bonds. The molecule has 0 aliphatic heterocycles.